The maximum atomic E-state index is 14.0. The van der Waals surface area contributed by atoms with Crippen LogP contribution in [0, 0.1) is 0 Å². The number of H-pyrrole nitrogens is 1. The van der Waals surface area contributed by atoms with Crippen molar-refractivity contribution in [2.24, 2.45) is 0 Å². The predicted molar refractivity (Wildman–Crippen MR) is 133 cm³/mol. The molecule has 0 bridgehead atoms. The highest BCUT2D eigenvalue weighted by Gasteiger charge is 2.35. The lowest BCUT2D eigenvalue weighted by Gasteiger charge is -2.16. The molecule has 0 saturated heterocycles. The average molecular weight is 574 g/mol. The van der Waals surface area contributed by atoms with Gasteiger partial charge in [-0.05, 0) is 48.5 Å². The fourth-order valence-corrected chi connectivity index (χ4v) is 5.79. The van der Waals surface area contributed by atoms with E-state index >= 15 is 0 Å². The first-order chi connectivity index (χ1) is 17.3. The lowest BCUT2D eigenvalue weighted by atomic mass is 10.1. The molecule has 16 heteroatoms. The zero-order valence-electron chi connectivity index (χ0n) is 18.4. The number of nitrogens with zero attached hydrogens (tertiary/aromatic N) is 1. The highest BCUT2D eigenvalue weighted by atomic mass is 35.5. The fourth-order valence-electron chi connectivity index (χ4n) is 3.40. The van der Waals surface area contributed by atoms with Crippen LogP contribution in [0.2, 0.25) is 4.34 Å². The largest absolute Gasteiger partial charge is 0.418 e. The summed E-state index contributed by atoms with van der Waals surface area (Å²) in [6.07, 6.45) is -5.06. The average Bonchev–Trinajstić information content (AvgIpc) is 3.25. The number of nitrogens with one attached hydrogen (secondary N) is 4. The molecule has 0 unspecified atom stereocenters. The summed E-state index contributed by atoms with van der Waals surface area (Å²) in [6.45, 7) is 0. The van der Waals surface area contributed by atoms with Gasteiger partial charge in [0.2, 0.25) is 0 Å². The first kappa shape index (κ1) is 26.2. The maximum Gasteiger partial charge on any atom is 0.418 e. The molecular weight excluding hydrogens is 559 g/mol. The van der Waals surface area contributed by atoms with Crippen molar-refractivity contribution in [3.05, 3.63) is 79.3 Å². The van der Waals surface area contributed by atoms with Crippen LogP contribution in [0.4, 0.5) is 29.3 Å². The van der Waals surface area contributed by atoms with Crippen molar-refractivity contribution in [2.75, 3.05) is 17.7 Å². The number of carbonyl (C=O) groups excluding carboxylic acids is 1. The van der Waals surface area contributed by atoms with Gasteiger partial charge < -0.3 is 15.6 Å². The minimum Gasteiger partial charge on any atom is -0.388 e. The van der Waals surface area contributed by atoms with Crippen molar-refractivity contribution in [1.29, 1.82) is 0 Å². The minimum absolute atomic E-state index is 0.0350. The summed E-state index contributed by atoms with van der Waals surface area (Å²) in [6, 6.07) is 7.70. The van der Waals surface area contributed by atoms with Crippen molar-refractivity contribution in [3.8, 4) is 5.69 Å². The van der Waals surface area contributed by atoms with Gasteiger partial charge in [-0.25, -0.2) is 27.3 Å². The SMILES string of the molecule is CNc1ccc2c(=O)n(-c3ccc(NC(=O)NS(=O)(=O)c4ccc(Cl)s4)cc3C(F)(F)F)c(=O)[nH]c2c1. The number of anilines is 2. The molecule has 0 fully saturated rings. The zero-order chi connectivity index (χ0) is 27.1. The molecule has 0 aliphatic rings. The molecule has 2 aromatic heterocycles. The third-order valence-corrected chi connectivity index (χ3v) is 8.08. The number of alkyl halides is 3. The molecule has 10 nitrogen and oxygen atoms in total. The summed E-state index contributed by atoms with van der Waals surface area (Å²) in [5, 5.41) is 4.78. The van der Waals surface area contributed by atoms with E-state index in [1.807, 2.05) is 5.32 Å². The van der Waals surface area contributed by atoms with E-state index in [0.29, 0.717) is 27.7 Å². The Kier molecular flexibility index (Phi) is 6.79. The molecule has 37 heavy (non-hydrogen) atoms. The van der Waals surface area contributed by atoms with Crippen molar-refractivity contribution in [2.45, 2.75) is 10.4 Å². The van der Waals surface area contributed by atoms with Gasteiger partial charge in [0.1, 0.15) is 4.21 Å². The zero-order valence-corrected chi connectivity index (χ0v) is 20.8. The second kappa shape index (κ2) is 9.57. The number of benzene rings is 2. The van der Waals surface area contributed by atoms with Gasteiger partial charge in [-0.15, -0.1) is 11.3 Å². The molecule has 0 atom stereocenters. The fraction of sp³-hybridized carbons (Fsp3) is 0.0952. The lowest BCUT2D eigenvalue weighted by Crippen LogP contribution is -2.35. The number of rotatable bonds is 5. The smallest absolute Gasteiger partial charge is 0.388 e. The van der Waals surface area contributed by atoms with E-state index < -0.39 is 50.4 Å². The van der Waals surface area contributed by atoms with Gasteiger partial charge in [0.05, 0.1) is 26.5 Å². The highest BCUT2D eigenvalue weighted by molar-refractivity contribution is 7.92. The van der Waals surface area contributed by atoms with Crippen molar-refractivity contribution in [3.63, 3.8) is 0 Å². The van der Waals surface area contributed by atoms with E-state index in [1.165, 1.54) is 24.3 Å². The van der Waals surface area contributed by atoms with Crippen LogP contribution >= 0.6 is 22.9 Å². The van der Waals surface area contributed by atoms with E-state index in [-0.39, 0.29) is 19.4 Å². The number of carbonyl (C=O) groups is 1. The van der Waals surface area contributed by atoms with E-state index in [4.69, 9.17) is 11.6 Å². The number of aromatic amines is 1. The van der Waals surface area contributed by atoms with E-state index in [1.54, 1.807) is 11.8 Å². The Balaban J connectivity index is 1.73. The Morgan fingerprint density at radius 2 is 1.76 bits per heavy atom. The summed E-state index contributed by atoms with van der Waals surface area (Å²) in [5.74, 6) is 0. The normalized spacial score (nSPS) is 11.9. The van der Waals surface area contributed by atoms with Gasteiger partial charge in [0.15, 0.2) is 0 Å². The summed E-state index contributed by atoms with van der Waals surface area (Å²) in [4.78, 5) is 40.2. The van der Waals surface area contributed by atoms with Gasteiger partial charge in [-0.3, -0.25) is 4.79 Å². The second-order valence-electron chi connectivity index (χ2n) is 7.43. The Hall–Kier alpha value is -3.82. The second-order valence-corrected chi connectivity index (χ2v) is 11.1. The van der Waals surface area contributed by atoms with Crippen LogP contribution in [0.5, 0.6) is 0 Å². The number of thiophene rings is 1. The standard InChI is InChI=1S/C21H15ClF3N5O5S2/c1-26-10-2-4-12-14(9-10)28-20(33)30(18(12)31)15-5-3-11(8-13(15)21(23,24)25)27-19(32)29-37(34,35)17-7-6-16(22)36-17/h2-9,26H,1H3,(H,28,33)(H2,27,29,32). The van der Waals surface area contributed by atoms with Gasteiger partial charge in [-0.1, -0.05) is 11.6 Å². The molecule has 0 spiro atoms. The van der Waals surface area contributed by atoms with Crippen LogP contribution in [0.25, 0.3) is 16.6 Å². The van der Waals surface area contributed by atoms with Gasteiger partial charge in [0, 0.05) is 18.4 Å². The van der Waals surface area contributed by atoms with Crippen molar-refractivity contribution < 1.29 is 26.4 Å². The number of amides is 2. The molecule has 4 N–H and O–H groups in total. The molecular formula is C21H15ClF3N5O5S2. The monoisotopic (exact) mass is 573 g/mol. The third kappa shape index (κ3) is 5.33. The Bertz CT molecular complexity index is 1760. The molecule has 194 valence electrons. The molecule has 0 aliphatic carbocycles. The van der Waals surface area contributed by atoms with Gasteiger partial charge in [-0.2, -0.15) is 13.2 Å². The van der Waals surface area contributed by atoms with Gasteiger partial charge in [0.25, 0.3) is 15.6 Å². The van der Waals surface area contributed by atoms with E-state index in [0.717, 1.165) is 18.2 Å². The summed E-state index contributed by atoms with van der Waals surface area (Å²) < 4.78 is 68.2. The molecule has 2 aromatic carbocycles. The minimum atomic E-state index is -5.06. The molecule has 0 saturated carbocycles. The van der Waals surface area contributed by atoms with Gasteiger partial charge >= 0.3 is 17.9 Å². The van der Waals surface area contributed by atoms with Crippen molar-refractivity contribution >= 4 is 61.3 Å². The van der Waals surface area contributed by atoms with Crippen molar-refractivity contribution in [1.82, 2.24) is 14.3 Å². The first-order valence-corrected chi connectivity index (χ1v) is 12.8. The topological polar surface area (TPSA) is 142 Å². The van der Waals surface area contributed by atoms with Crippen LogP contribution in [0.15, 0.2) is 62.3 Å². The molecule has 4 aromatic rings. The number of fused-ring (bicyclic) bond motifs is 1. The van der Waals surface area contributed by atoms with E-state index in [2.05, 4.69) is 10.3 Å². The molecule has 0 aliphatic heterocycles. The lowest BCUT2D eigenvalue weighted by molar-refractivity contribution is -0.137. The first-order valence-electron chi connectivity index (χ1n) is 10.1. The number of hydrogen-bond donors (Lipinski definition) is 4. The van der Waals surface area contributed by atoms with E-state index in [9.17, 15) is 36.0 Å². The van der Waals surface area contributed by atoms with Crippen LogP contribution < -0.4 is 26.6 Å². The maximum absolute atomic E-state index is 14.0. The predicted octanol–water partition coefficient (Wildman–Crippen LogP) is 3.96. The Morgan fingerprint density at radius 3 is 2.38 bits per heavy atom. The van der Waals surface area contributed by atoms with Crippen LogP contribution in [-0.4, -0.2) is 31.0 Å². The molecule has 2 heterocycles. The van der Waals surface area contributed by atoms with Crippen LogP contribution in [0.3, 0.4) is 0 Å². The van der Waals surface area contributed by atoms with Crippen LogP contribution in [-0.2, 0) is 16.2 Å². The molecule has 4 rings (SSSR count). The summed E-state index contributed by atoms with van der Waals surface area (Å²) in [5.41, 5.74) is -4.08. The summed E-state index contributed by atoms with van der Waals surface area (Å²) in [7, 11) is -2.72. The number of sulfonamides is 1. The Morgan fingerprint density at radius 1 is 1.05 bits per heavy atom. The quantitative estimate of drug-likeness (QED) is 0.285. The molecule has 2 amide bonds. The number of halogens is 4. The number of aromatic nitrogens is 2. The van der Waals surface area contributed by atoms with Crippen LogP contribution in [0.1, 0.15) is 5.56 Å². The Labute approximate surface area is 214 Å². The highest BCUT2D eigenvalue weighted by Crippen LogP contribution is 2.35. The summed E-state index contributed by atoms with van der Waals surface area (Å²) >= 11 is 6.37. The molecule has 0 radical (unpaired) electrons. The number of urea groups is 1. The third-order valence-electron chi connectivity index (χ3n) is 5.03. The number of hydrogen-bond acceptors (Lipinski definition) is 7.